The van der Waals surface area contributed by atoms with Gasteiger partial charge >= 0.3 is 0 Å². The van der Waals surface area contributed by atoms with E-state index >= 15 is 0 Å². The van der Waals surface area contributed by atoms with E-state index in [1.165, 1.54) is 4.88 Å². The zero-order valence-corrected chi connectivity index (χ0v) is 13.0. The van der Waals surface area contributed by atoms with E-state index in [4.69, 9.17) is 23.8 Å². The first-order valence-electron chi connectivity index (χ1n) is 5.98. The molecule has 0 atom stereocenters. The molecule has 2 aromatic rings. The Bertz CT molecular complexity index is 553. The van der Waals surface area contributed by atoms with Crippen LogP contribution in [0.1, 0.15) is 10.4 Å². The van der Waals surface area contributed by atoms with Crippen molar-refractivity contribution < 1.29 is 0 Å². The van der Waals surface area contributed by atoms with Gasteiger partial charge in [-0.25, -0.2) is 0 Å². The van der Waals surface area contributed by atoms with E-state index < -0.39 is 0 Å². The fourth-order valence-corrected chi connectivity index (χ4v) is 2.71. The smallest absolute Gasteiger partial charge is 0.170 e. The molecule has 1 aromatic heterocycles. The topological polar surface area (TPSA) is 24.1 Å². The number of nitrogens with one attached hydrogen (secondary N) is 2. The Balaban J connectivity index is 1.79. The molecule has 0 unspecified atom stereocenters. The Morgan fingerprint density at radius 1 is 1.37 bits per heavy atom. The summed E-state index contributed by atoms with van der Waals surface area (Å²) in [6, 6.07) is 10.0. The van der Waals surface area contributed by atoms with Crippen LogP contribution in [0.15, 0.2) is 35.7 Å². The number of thiophene rings is 1. The predicted molar refractivity (Wildman–Crippen MR) is 88.4 cm³/mol. The maximum Gasteiger partial charge on any atom is 0.170 e. The molecule has 1 heterocycles. The van der Waals surface area contributed by atoms with Crippen molar-refractivity contribution >= 4 is 46.0 Å². The summed E-state index contributed by atoms with van der Waals surface area (Å²) in [4.78, 5) is 1.36. The summed E-state index contributed by atoms with van der Waals surface area (Å²) in [5.74, 6) is 0. The van der Waals surface area contributed by atoms with Gasteiger partial charge in [-0.05, 0) is 54.7 Å². The van der Waals surface area contributed by atoms with E-state index in [2.05, 4.69) is 28.1 Å². The van der Waals surface area contributed by atoms with Crippen LogP contribution >= 0.6 is 35.2 Å². The number of rotatable bonds is 4. The highest BCUT2D eigenvalue weighted by Crippen LogP contribution is 2.19. The summed E-state index contributed by atoms with van der Waals surface area (Å²) >= 11 is 13.1. The predicted octanol–water partition coefficient (Wildman–Crippen LogP) is 4.24. The third-order valence-electron chi connectivity index (χ3n) is 2.67. The molecule has 2 nitrogen and oxygen atoms in total. The minimum Gasteiger partial charge on any atom is -0.362 e. The van der Waals surface area contributed by atoms with Crippen molar-refractivity contribution in [1.82, 2.24) is 5.32 Å². The number of hydrogen-bond donors (Lipinski definition) is 2. The van der Waals surface area contributed by atoms with Crippen LogP contribution in [0.4, 0.5) is 5.69 Å². The lowest BCUT2D eigenvalue weighted by Gasteiger charge is -2.11. The molecule has 0 spiro atoms. The maximum atomic E-state index is 6.07. The molecule has 1 aromatic carbocycles. The molecule has 100 valence electrons. The van der Waals surface area contributed by atoms with Gasteiger partial charge in [0.15, 0.2) is 5.11 Å². The van der Waals surface area contributed by atoms with E-state index in [0.29, 0.717) is 5.11 Å². The van der Waals surface area contributed by atoms with Crippen molar-refractivity contribution in [2.45, 2.75) is 13.3 Å². The summed E-state index contributed by atoms with van der Waals surface area (Å²) in [5, 5.41) is 9.76. The number of benzene rings is 1. The van der Waals surface area contributed by atoms with Gasteiger partial charge in [-0.2, -0.15) is 0 Å². The average molecular weight is 311 g/mol. The van der Waals surface area contributed by atoms with Crippen LogP contribution in [0.2, 0.25) is 5.02 Å². The first-order valence-corrected chi connectivity index (χ1v) is 7.65. The Morgan fingerprint density at radius 3 is 2.89 bits per heavy atom. The fraction of sp³-hybridized carbons (Fsp3) is 0.214. The standard InChI is InChI=1S/C14H15ClN2S2/c1-10-4-5-11(9-13(10)15)17-14(18)16-7-6-12-3-2-8-19-12/h2-5,8-9H,6-7H2,1H3,(H2,16,17,18). The molecule has 0 aliphatic rings. The van der Waals surface area contributed by atoms with E-state index in [-0.39, 0.29) is 0 Å². The third kappa shape index (κ3) is 4.49. The quantitative estimate of drug-likeness (QED) is 0.826. The zero-order valence-electron chi connectivity index (χ0n) is 10.6. The second-order valence-corrected chi connectivity index (χ2v) is 6.02. The highest BCUT2D eigenvalue weighted by molar-refractivity contribution is 7.80. The minimum atomic E-state index is 0.622. The molecular weight excluding hydrogens is 296 g/mol. The van der Waals surface area contributed by atoms with Gasteiger partial charge in [0.1, 0.15) is 0 Å². The minimum absolute atomic E-state index is 0.622. The van der Waals surface area contributed by atoms with E-state index in [9.17, 15) is 0 Å². The summed E-state index contributed by atoms with van der Waals surface area (Å²) in [7, 11) is 0. The molecule has 0 saturated heterocycles. The summed E-state index contributed by atoms with van der Waals surface area (Å²) in [5.41, 5.74) is 1.97. The van der Waals surface area contributed by atoms with Crippen molar-refractivity contribution in [2.75, 3.05) is 11.9 Å². The first-order chi connectivity index (χ1) is 9.15. The lowest BCUT2D eigenvalue weighted by Crippen LogP contribution is -2.30. The molecule has 0 amide bonds. The molecule has 0 radical (unpaired) electrons. The van der Waals surface area contributed by atoms with Gasteiger partial charge in [0.05, 0.1) is 0 Å². The van der Waals surface area contributed by atoms with Crippen LogP contribution in [0.25, 0.3) is 0 Å². The van der Waals surface area contributed by atoms with Gasteiger partial charge in [0.25, 0.3) is 0 Å². The monoisotopic (exact) mass is 310 g/mol. The highest BCUT2D eigenvalue weighted by Gasteiger charge is 2.01. The number of thiocarbonyl (C=S) groups is 1. The lowest BCUT2D eigenvalue weighted by atomic mass is 10.2. The van der Waals surface area contributed by atoms with Crippen LogP contribution in [-0.4, -0.2) is 11.7 Å². The SMILES string of the molecule is Cc1ccc(NC(=S)NCCc2cccs2)cc1Cl. The summed E-state index contributed by atoms with van der Waals surface area (Å²) < 4.78 is 0. The molecule has 0 aliphatic heterocycles. The molecule has 2 rings (SSSR count). The largest absolute Gasteiger partial charge is 0.362 e. The van der Waals surface area contributed by atoms with Crippen LogP contribution in [-0.2, 0) is 6.42 Å². The van der Waals surface area contributed by atoms with Gasteiger partial charge < -0.3 is 10.6 Å². The Hall–Kier alpha value is -1.10. The first kappa shape index (κ1) is 14.3. The maximum absolute atomic E-state index is 6.07. The van der Waals surface area contributed by atoms with Crippen LogP contribution in [0, 0.1) is 6.92 Å². The van der Waals surface area contributed by atoms with E-state index in [0.717, 1.165) is 29.2 Å². The Kier molecular flexibility index (Phi) is 5.19. The van der Waals surface area contributed by atoms with Crippen molar-refractivity contribution in [1.29, 1.82) is 0 Å². The molecule has 19 heavy (non-hydrogen) atoms. The lowest BCUT2D eigenvalue weighted by molar-refractivity contribution is 0.885. The number of halogens is 1. The average Bonchev–Trinajstić information content (AvgIpc) is 2.87. The van der Waals surface area contributed by atoms with E-state index in [1.807, 2.05) is 25.1 Å². The molecule has 0 aliphatic carbocycles. The molecule has 5 heteroatoms. The van der Waals surface area contributed by atoms with Gasteiger partial charge in [-0.1, -0.05) is 23.7 Å². The number of hydrogen-bond acceptors (Lipinski definition) is 2. The Labute approximate surface area is 127 Å². The molecule has 0 fully saturated rings. The van der Waals surface area contributed by atoms with Gasteiger partial charge in [-0.3, -0.25) is 0 Å². The number of aryl methyl sites for hydroxylation is 1. The zero-order chi connectivity index (χ0) is 13.7. The molecule has 0 bridgehead atoms. The molecule has 2 N–H and O–H groups in total. The van der Waals surface area contributed by atoms with Crippen LogP contribution in [0.3, 0.4) is 0 Å². The van der Waals surface area contributed by atoms with Crippen molar-refractivity contribution in [3.05, 3.63) is 51.2 Å². The van der Waals surface area contributed by atoms with Crippen LogP contribution in [0.5, 0.6) is 0 Å². The van der Waals surface area contributed by atoms with E-state index in [1.54, 1.807) is 11.3 Å². The Morgan fingerprint density at radius 2 is 2.21 bits per heavy atom. The summed E-state index contributed by atoms with van der Waals surface area (Å²) in [6.45, 7) is 2.80. The summed E-state index contributed by atoms with van der Waals surface area (Å²) in [6.07, 6.45) is 0.980. The van der Waals surface area contributed by atoms with Crippen molar-refractivity contribution in [2.24, 2.45) is 0 Å². The second kappa shape index (κ2) is 6.89. The molecular formula is C14H15ClN2S2. The van der Waals surface area contributed by atoms with Gasteiger partial charge in [0.2, 0.25) is 0 Å². The van der Waals surface area contributed by atoms with Gasteiger partial charge in [-0.15, -0.1) is 11.3 Å². The number of anilines is 1. The second-order valence-electron chi connectivity index (χ2n) is 4.17. The highest BCUT2D eigenvalue weighted by atomic mass is 35.5. The van der Waals surface area contributed by atoms with Crippen molar-refractivity contribution in [3.8, 4) is 0 Å². The fourth-order valence-electron chi connectivity index (χ4n) is 1.60. The van der Waals surface area contributed by atoms with Crippen LogP contribution < -0.4 is 10.6 Å². The molecule has 0 saturated carbocycles. The normalized spacial score (nSPS) is 10.2. The van der Waals surface area contributed by atoms with Crippen molar-refractivity contribution in [3.63, 3.8) is 0 Å². The van der Waals surface area contributed by atoms with Gasteiger partial charge in [0, 0.05) is 22.1 Å². The third-order valence-corrected chi connectivity index (χ3v) is 4.26.